The lowest BCUT2D eigenvalue weighted by atomic mass is 9.94. The first kappa shape index (κ1) is 14.2. The minimum Gasteiger partial charge on any atom is -0.497 e. The second-order valence-corrected chi connectivity index (χ2v) is 5.74. The average molecular weight is 290 g/mol. The summed E-state index contributed by atoms with van der Waals surface area (Å²) in [6.07, 6.45) is 2.41. The molecule has 114 valence electrons. The van der Waals surface area contributed by atoms with E-state index in [1.807, 2.05) is 4.90 Å². The van der Waals surface area contributed by atoms with Gasteiger partial charge in [-0.2, -0.15) is 0 Å². The number of carbonyl (C=O) groups excluding carboxylic acids is 1. The number of amides is 1. The number of likely N-dealkylation sites (tertiary alicyclic amines) is 1. The Morgan fingerprint density at radius 2 is 2.14 bits per heavy atom. The largest absolute Gasteiger partial charge is 0.497 e. The van der Waals surface area contributed by atoms with Crippen molar-refractivity contribution >= 4 is 5.91 Å². The molecule has 2 atom stereocenters. The van der Waals surface area contributed by atoms with Crippen LogP contribution in [-0.4, -0.2) is 50.7 Å². The van der Waals surface area contributed by atoms with E-state index in [1.165, 1.54) is 12.8 Å². The van der Waals surface area contributed by atoms with Gasteiger partial charge in [0.25, 0.3) is 5.91 Å². The van der Waals surface area contributed by atoms with Gasteiger partial charge in [-0.15, -0.1) is 0 Å². The normalized spacial score (nSPS) is 24.6. The Kier molecular flexibility index (Phi) is 4.01. The van der Waals surface area contributed by atoms with Crippen LogP contribution >= 0.6 is 0 Å². The molecule has 2 unspecified atom stereocenters. The summed E-state index contributed by atoms with van der Waals surface area (Å²) in [5.41, 5.74) is 0.608. The fourth-order valence-electron chi connectivity index (χ4n) is 3.36. The highest BCUT2D eigenvalue weighted by atomic mass is 16.5. The third-order valence-electron chi connectivity index (χ3n) is 4.53. The Morgan fingerprint density at radius 1 is 1.29 bits per heavy atom. The fourth-order valence-corrected chi connectivity index (χ4v) is 3.36. The van der Waals surface area contributed by atoms with Crippen LogP contribution in [0.1, 0.15) is 23.2 Å². The lowest BCUT2D eigenvalue weighted by Crippen LogP contribution is -2.41. The molecule has 0 aliphatic carbocycles. The molecule has 5 nitrogen and oxygen atoms in total. The number of hydrogen-bond acceptors (Lipinski definition) is 4. The van der Waals surface area contributed by atoms with E-state index in [0.717, 1.165) is 19.6 Å². The van der Waals surface area contributed by atoms with Crippen molar-refractivity contribution in [3.8, 4) is 11.5 Å². The molecule has 2 heterocycles. The standard InChI is InChI=1S/C16H22N2O3/c1-20-12-5-6-13(15(8-12)21-2)16(19)18-9-11-4-3-7-17-14(11)10-18/h5-6,8,11,14,17H,3-4,7,9-10H2,1-2H3. The molecule has 0 saturated carbocycles. The molecule has 0 bridgehead atoms. The Labute approximate surface area is 125 Å². The summed E-state index contributed by atoms with van der Waals surface area (Å²) in [5, 5.41) is 3.52. The van der Waals surface area contributed by atoms with E-state index >= 15 is 0 Å². The maximum atomic E-state index is 12.7. The molecule has 1 N–H and O–H groups in total. The summed E-state index contributed by atoms with van der Waals surface area (Å²) in [6.45, 7) is 2.69. The minimum absolute atomic E-state index is 0.0469. The lowest BCUT2D eigenvalue weighted by Gasteiger charge is -2.24. The van der Waals surface area contributed by atoms with Gasteiger partial charge in [-0.05, 0) is 37.4 Å². The van der Waals surface area contributed by atoms with E-state index in [9.17, 15) is 4.79 Å². The zero-order valence-electron chi connectivity index (χ0n) is 12.6. The number of hydrogen-bond donors (Lipinski definition) is 1. The van der Waals surface area contributed by atoms with E-state index in [1.54, 1.807) is 32.4 Å². The number of methoxy groups -OCH3 is 2. The van der Waals surface area contributed by atoms with E-state index in [0.29, 0.717) is 29.0 Å². The van der Waals surface area contributed by atoms with Gasteiger partial charge >= 0.3 is 0 Å². The topological polar surface area (TPSA) is 50.8 Å². The predicted molar refractivity (Wildman–Crippen MR) is 80.0 cm³/mol. The number of carbonyl (C=O) groups is 1. The molecular formula is C16H22N2O3. The second-order valence-electron chi connectivity index (χ2n) is 5.74. The highest BCUT2D eigenvalue weighted by molar-refractivity contribution is 5.97. The van der Waals surface area contributed by atoms with Crippen LogP contribution in [0.25, 0.3) is 0 Å². The number of ether oxygens (including phenoxy) is 2. The van der Waals surface area contributed by atoms with Crippen molar-refractivity contribution in [2.24, 2.45) is 5.92 Å². The Balaban J connectivity index is 1.79. The molecule has 1 aromatic carbocycles. The van der Waals surface area contributed by atoms with Crippen LogP contribution in [0.5, 0.6) is 11.5 Å². The first-order chi connectivity index (χ1) is 10.2. The van der Waals surface area contributed by atoms with Crippen molar-refractivity contribution < 1.29 is 14.3 Å². The van der Waals surface area contributed by atoms with Gasteiger partial charge in [-0.3, -0.25) is 4.79 Å². The molecule has 1 aromatic rings. The zero-order chi connectivity index (χ0) is 14.8. The summed E-state index contributed by atoms with van der Waals surface area (Å²) in [4.78, 5) is 14.7. The maximum absolute atomic E-state index is 12.7. The van der Waals surface area contributed by atoms with Crippen molar-refractivity contribution in [1.29, 1.82) is 0 Å². The first-order valence-corrected chi connectivity index (χ1v) is 7.47. The summed E-state index contributed by atoms with van der Waals surface area (Å²) < 4.78 is 10.5. The monoisotopic (exact) mass is 290 g/mol. The van der Waals surface area contributed by atoms with Crippen molar-refractivity contribution in [2.75, 3.05) is 33.9 Å². The van der Waals surface area contributed by atoms with Crippen LogP contribution in [0.15, 0.2) is 18.2 Å². The fraction of sp³-hybridized carbons (Fsp3) is 0.562. The third kappa shape index (κ3) is 2.70. The summed E-state index contributed by atoms with van der Waals surface area (Å²) in [5.74, 6) is 1.90. The van der Waals surface area contributed by atoms with Gasteiger partial charge in [0.05, 0.1) is 19.8 Å². The molecular weight excluding hydrogens is 268 g/mol. The SMILES string of the molecule is COc1ccc(C(=O)N2CC3CCCNC3C2)c(OC)c1. The van der Waals surface area contributed by atoms with Gasteiger partial charge in [0.1, 0.15) is 11.5 Å². The number of nitrogens with zero attached hydrogens (tertiary/aromatic N) is 1. The van der Waals surface area contributed by atoms with E-state index in [4.69, 9.17) is 9.47 Å². The Morgan fingerprint density at radius 3 is 2.86 bits per heavy atom. The number of fused-ring (bicyclic) bond motifs is 1. The van der Waals surface area contributed by atoms with Crippen LogP contribution in [0, 0.1) is 5.92 Å². The number of benzene rings is 1. The minimum atomic E-state index is 0.0469. The average Bonchev–Trinajstić information content (AvgIpc) is 2.97. The van der Waals surface area contributed by atoms with Gasteiger partial charge in [-0.25, -0.2) is 0 Å². The second kappa shape index (κ2) is 5.93. The highest BCUT2D eigenvalue weighted by Gasteiger charge is 2.37. The molecule has 1 amide bonds. The van der Waals surface area contributed by atoms with Crippen molar-refractivity contribution in [3.05, 3.63) is 23.8 Å². The Bertz CT molecular complexity index is 518. The Hall–Kier alpha value is -1.75. The highest BCUT2D eigenvalue weighted by Crippen LogP contribution is 2.30. The lowest BCUT2D eigenvalue weighted by molar-refractivity contribution is 0.0782. The van der Waals surface area contributed by atoms with Gasteiger partial charge in [0, 0.05) is 25.2 Å². The van der Waals surface area contributed by atoms with Crippen LogP contribution in [0.2, 0.25) is 0 Å². The molecule has 2 aliphatic rings. The van der Waals surface area contributed by atoms with Crippen molar-refractivity contribution in [2.45, 2.75) is 18.9 Å². The van der Waals surface area contributed by atoms with Gasteiger partial charge in [0.15, 0.2) is 0 Å². The number of nitrogens with one attached hydrogen (secondary N) is 1. The molecule has 0 spiro atoms. The molecule has 2 fully saturated rings. The van der Waals surface area contributed by atoms with Crippen LogP contribution in [0.4, 0.5) is 0 Å². The number of piperidine rings is 1. The van der Waals surface area contributed by atoms with E-state index in [-0.39, 0.29) is 5.91 Å². The van der Waals surface area contributed by atoms with Gasteiger partial charge in [-0.1, -0.05) is 0 Å². The summed E-state index contributed by atoms with van der Waals surface area (Å²) >= 11 is 0. The van der Waals surface area contributed by atoms with Gasteiger partial charge < -0.3 is 19.7 Å². The molecule has 0 radical (unpaired) electrons. The van der Waals surface area contributed by atoms with E-state index < -0.39 is 0 Å². The molecule has 2 aliphatic heterocycles. The van der Waals surface area contributed by atoms with Gasteiger partial charge in [0.2, 0.25) is 0 Å². The summed E-state index contributed by atoms with van der Waals surface area (Å²) in [6, 6.07) is 5.80. The van der Waals surface area contributed by atoms with E-state index in [2.05, 4.69) is 5.32 Å². The molecule has 0 aromatic heterocycles. The maximum Gasteiger partial charge on any atom is 0.257 e. The quantitative estimate of drug-likeness (QED) is 0.917. The van der Waals surface area contributed by atoms with Crippen LogP contribution in [-0.2, 0) is 0 Å². The van der Waals surface area contributed by atoms with Crippen molar-refractivity contribution in [1.82, 2.24) is 10.2 Å². The van der Waals surface area contributed by atoms with Crippen LogP contribution in [0.3, 0.4) is 0 Å². The smallest absolute Gasteiger partial charge is 0.257 e. The van der Waals surface area contributed by atoms with Crippen LogP contribution < -0.4 is 14.8 Å². The molecule has 21 heavy (non-hydrogen) atoms. The predicted octanol–water partition coefficient (Wildman–Crippen LogP) is 1.53. The summed E-state index contributed by atoms with van der Waals surface area (Å²) in [7, 11) is 3.18. The first-order valence-electron chi connectivity index (χ1n) is 7.47. The van der Waals surface area contributed by atoms with Crippen molar-refractivity contribution in [3.63, 3.8) is 0 Å². The third-order valence-corrected chi connectivity index (χ3v) is 4.53. The number of rotatable bonds is 3. The molecule has 2 saturated heterocycles. The molecule has 3 rings (SSSR count). The zero-order valence-corrected chi connectivity index (χ0v) is 12.6. The molecule has 5 heteroatoms.